The summed E-state index contributed by atoms with van der Waals surface area (Å²) >= 11 is 0. The van der Waals surface area contributed by atoms with Crippen molar-refractivity contribution in [3.8, 4) is 0 Å². The Balaban J connectivity index is 2.17. The third-order valence-electron chi connectivity index (χ3n) is 8.98. The first-order valence-corrected chi connectivity index (χ1v) is 19.1. The van der Waals surface area contributed by atoms with E-state index < -0.39 is 96.7 Å². The van der Waals surface area contributed by atoms with E-state index in [1.54, 1.807) is 38.1 Å². The molecule has 2 aromatic carbocycles. The predicted molar refractivity (Wildman–Crippen MR) is 213 cm³/mol. The standard InChI is InChI=1S/C39H55N9O11/c1-5-22(2)33(35(40)55)45-39(59)34(23(3)50)46-36(56)28(43-37(57)29(20-32(53)54)44-38(58)30(21-49)42-24(4)51)13-9-10-18-41-31(52)19-25-14-16-27(17-15-25)48-47-26-11-7-6-8-12-26/h6-8,11-12,14-17,22-23,28-30,33-34,49-50H,5,9-10,13,18-21H2,1-4H3,(H2,40,55)(H,41,52)(H,42,51)(H,43,57)(H,44,58)(H,45,59)(H,46,56)(H,53,54)/t22-,23+,28-,29-,30-,33-,34-/m0/s1. The van der Waals surface area contributed by atoms with Crippen molar-refractivity contribution in [2.24, 2.45) is 21.9 Å². The van der Waals surface area contributed by atoms with E-state index in [9.17, 15) is 53.7 Å². The van der Waals surface area contributed by atoms with Gasteiger partial charge >= 0.3 is 5.97 Å². The van der Waals surface area contributed by atoms with Crippen molar-refractivity contribution in [3.63, 3.8) is 0 Å². The minimum absolute atomic E-state index is 0.0589. The summed E-state index contributed by atoms with van der Waals surface area (Å²) in [5, 5.41) is 52.1. The van der Waals surface area contributed by atoms with Gasteiger partial charge in [0.15, 0.2) is 0 Å². The number of carbonyl (C=O) groups is 8. The van der Waals surface area contributed by atoms with Gasteiger partial charge in [-0.05, 0) is 61.9 Å². The molecule has 0 aliphatic carbocycles. The molecule has 59 heavy (non-hydrogen) atoms. The Hall–Kier alpha value is -6.28. The highest BCUT2D eigenvalue weighted by molar-refractivity contribution is 5.97. The van der Waals surface area contributed by atoms with Crippen molar-refractivity contribution in [3.05, 3.63) is 60.2 Å². The third-order valence-corrected chi connectivity index (χ3v) is 8.98. The van der Waals surface area contributed by atoms with Crippen LogP contribution in [0.3, 0.4) is 0 Å². The molecule has 2 aromatic rings. The molecule has 20 nitrogen and oxygen atoms in total. The molecule has 11 N–H and O–H groups in total. The first kappa shape index (κ1) is 48.9. The van der Waals surface area contributed by atoms with Crippen LogP contribution in [0.15, 0.2) is 64.8 Å². The molecule has 0 bridgehead atoms. The lowest BCUT2D eigenvalue weighted by molar-refractivity contribution is -0.141. The molecule has 0 fully saturated rings. The number of carboxylic acids is 1. The van der Waals surface area contributed by atoms with Crippen LogP contribution in [0, 0.1) is 5.92 Å². The summed E-state index contributed by atoms with van der Waals surface area (Å²) < 4.78 is 0. The quantitative estimate of drug-likeness (QED) is 0.0460. The number of carbonyl (C=O) groups excluding carboxylic acids is 7. The SMILES string of the molecule is CC[C@H](C)[C@H](NC(=O)[C@@H](NC(=O)[C@H](CCCCNC(=O)Cc1ccc(N=Nc2ccccc2)cc1)NC(=O)[C@H](CC(=O)O)NC(=O)[C@H](CO)NC(C)=O)[C@@H](C)O)C(N)=O. The summed E-state index contributed by atoms with van der Waals surface area (Å²) in [5.41, 5.74) is 7.48. The van der Waals surface area contributed by atoms with E-state index in [4.69, 9.17) is 5.73 Å². The van der Waals surface area contributed by atoms with Gasteiger partial charge in [-0.25, -0.2) is 0 Å². The summed E-state index contributed by atoms with van der Waals surface area (Å²) in [6.07, 6.45) is -1.59. The fourth-order valence-corrected chi connectivity index (χ4v) is 5.51. The summed E-state index contributed by atoms with van der Waals surface area (Å²) in [6.45, 7) is 5.01. The number of hydrogen-bond acceptors (Lipinski definition) is 12. The molecule has 0 heterocycles. The molecule has 0 saturated carbocycles. The van der Waals surface area contributed by atoms with Crippen LogP contribution in [0.25, 0.3) is 0 Å². The maximum absolute atomic E-state index is 13.7. The number of aliphatic hydroxyl groups excluding tert-OH is 2. The number of benzene rings is 2. The van der Waals surface area contributed by atoms with E-state index in [1.807, 2.05) is 30.3 Å². The van der Waals surface area contributed by atoms with Crippen molar-refractivity contribution in [2.75, 3.05) is 13.2 Å². The number of unbranched alkanes of at least 4 members (excludes halogenated alkanes) is 1. The van der Waals surface area contributed by atoms with Crippen LogP contribution >= 0.6 is 0 Å². The Morgan fingerprint density at radius 2 is 1.27 bits per heavy atom. The van der Waals surface area contributed by atoms with Gasteiger partial charge in [0.2, 0.25) is 41.4 Å². The van der Waals surface area contributed by atoms with Crippen molar-refractivity contribution in [2.45, 2.75) is 103 Å². The summed E-state index contributed by atoms with van der Waals surface area (Å²) in [6, 6.07) is 8.56. The monoisotopic (exact) mass is 825 g/mol. The molecule has 0 aliphatic heterocycles. The Bertz CT molecular complexity index is 1770. The zero-order chi connectivity index (χ0) is 44.1. The molecule has 7 amide bonds. The normalized spacial score (nSPS) is 14.6. The van der Waals surface area contributed by atoms with Gasteiger partial charge in [0.25, 0.3) is 0 Å². The smallest absolute Gasteiger partial charge is 0.305 e. The van der Waals surface area contributed by atoms with Crippen molar-refractivity contribution >= 4 is 58.7 Å². The largest absolute Gasteiger partial charge is 0.481 e. The second-order valence-electron chi connectivity index (χ2n) is 13.9. The number of azo groups is 1. The minimum Gasteiger partial charge on any atom is -0.481 e. The summed E-state index contributed by atoms with van der Waals surface area (Å²) in [5.74, 6) is -7.87. The van der Waals surface area contributed by atoms with Crippen LogP contribution in [0.4, 0.5) is 11.4 Å². The maximum Gasteiger partial charge on any atom is 0.305 e. The highest BCUT2D eigenvalue weighted by Gasteiger charge is 2.35. The molecule has 7 atom stereocenters. The van der Waals surface area contributed by atoms with Crippen LogP contribution in [0.5, 0.6) is 0 Å². The lowest BCUT2D eigenvalue weighted by atomic mass is 9.98. The van der Waals surface area contributed by atoms with Gasteiger partial charge in [-0.2, -0.15) is 10.2 Å². The van der Waals surface area contributed by atoms with E-state index >= 15 is 0 Å². The number of aliphatic carboxylic acids is 1. The van der Waals surface area contributed by atoms with Gasteiger partial charge in [0, 0.05) is 13.5 Å². The van der Waals surface area contributed by atoms with E-state index in [2.05, 4.69) is 42.1 Å². The molecule has 0 spiro atoms. The van der Waals surface area contributed by atoms with Gasteiger partial charge < -0.3 is 53.0 Å². The van der Waals surface area contributed by atoms with Crippen LogP contribution in [0.1, 0.15) is 65.4 Å². The van der Waals surface area contributed by atoms with Crippen molar-refractivity contribution in [1.82, 2.24) is 31.9 Å². The average Bonchev–Trinajstić information content (AvgIpc) is 3.19. The van der Waals surface area contributed by atoms with Gasteiger partial charge in [-0.3, -0.25) is 38.4 Å². The first-order valence-electron chi connectivity index (χ1n) is 19.1. The van der Waals surface area contributed by atoms with E-state index in [-0.39, 0.29) is 31.7 Å². The van der Waals surface area contributed by atoms with E-state index in [0.717, 1.165) is 6.92 Å². The van der Waals surface area contributed by atoms with E-state index in [1.165, 1.54) is 6.92 Å². The predicted octanol–water partition coefficient (Wildman–Crippen LogP) is -0.246. The van der Waals surface area contributed by atoms with Crippen LogP contribution in [-0.2, 0) is 44.8 Å². The number of carboxylic acid groups (broad SMARTS) is 1. The Morgan fingerprint density at radius 1 is 0.712 bits per heavy atom. The number of amides is 7. The molecular formula is C39H55N9O11. The number of nitrogens with one attached hydrogen (secondary N) is 6. The fraction of sp³-hybridized carbons (Fsp3) is 0.487. The maximum atomic E-state index is 13.7. The third kappa shape index (κ3) is 17.8. The first-order chi connectivity index (χ1) is 27.9. The van der Waals surface area contributed by atoms with Gasteiger partial charge in [0.1, 0.15) is 30.2 Å². The molecule has 20 heteroatoms. The minimum atomic E-state index is -1.79. The molecule has 0 saturated heterocycles. The Labute approximate surface area is 341 Å². The Morgan fingerprint density at radius 3 is 1.81 bits per heavy atom. The summed E-state index contributed by atoms with van der Waals surface area (Å²) in [7, 11) is 0. The second-order valence-corrected chi connectivity index (χ2v) is 13.9. The number of nitrogens with two attached hydrogens (primary N) is 1. The number of rotatable bonds is 25. The highest BCUT2D eigenvalue weighted by Crippen LogP contribution is 2.18. The molecule has 0 aromatic heterocycles. The van der Waals surface area contributed by atoms with Crippen molar-refractivity contribution < 1.29 is 53.7 Å². The fourth-order valence-electron chi connectivity index (χ4n) is 5.51. The molecular weight excluding hydrogens is 770 g/mol. The second kappa shape index (κ2) is 25.2. The average molecular weight is 826 g/mol. The summed E-state index contributed by atoms with van der Waals surface area (Å²) in [4.78, 5) is 101. The zero-order valence-corrected chi connectivity index (χ0v) is 33.5. The van der Waals surface area contributed by atoms with E-state index in [0.29, 0.717) is 29.8 Å². The lowest BCUT2D eigenvalue weighted by Gasteiger charge is -2.28. The van der Waals surface area contributed by atoms with Gasteiger partial charge in [-0.1, -0.05) is 50.6 Å². The molecule has 0 radical (unpaired) electrons. The Kier molecular flexibility index (Phi) is 20.8. The molecule has 0 unspecified atom stereocenters. The topological polar surface area (TPSA) is 320 Å². The number of aliphatic hydroxyl groups is 2. The van der Waals surface area contributed by atoms with Crippen LogP contribution < -0.4 is 37.6 Å². The van der Waals surface area contributed by atoms with Crippen LogP contribution in [-0.4, -0.2) is 112 Å². The number of primary amides is 1. The molecule has 322 valence electrons. The number of nitrogens with zero attached hydrogens (tertiary/aromatic N) is 2. The van der Waals surface area contributed by atoms with Gasteiger partial charge in [-0.15, -0.1) is 0 Å². The highest BCUT2D eigenvalue weighted by atomic mass is 16.4. The van der Waals surface area contributed by atoms with Crippen molar-refractivity contribution in [1.29, 1.82) is 0 Å². The van der Waals surface area contributed by atoms with Crippen LogP contribution in [0.2, 0.25) is 0 Å². The lowest BCUT2D eigenvalue weighted by Crippen LogP contribution is -2.61. The number of hydrogen-bond donors (Lipinski definition) is 10. The molecule has 0 aliphatic rings. The zero-order valence-electron chi connectivity index (χ0n) is 33.5. The van der Waals surface area contributed by atoms with Gasteiger partial charge in [0.05, 0.1) is 36.9 Å². The molecule has 2 rings (SSSR count).